The summed E-state index contributed by atoms with van der Waals surface area (Å²) in [7, 11) is 0. The molecule has 1 aromatic heterocycles. The van der Waals surface area contributed by atoms with Crippen LogP contribution < -0.4 is 5.32 Å². The smallest absolute Gasteiger partial charge is 0.152 e. The van der Waals surface area contributed by atoms with Crippen molar-refractivity contribution in [1.29, 1.82) is 0 Å². The van der Waals surface area contributed by atoms with Gasteiger partial charge >= 0.3 is 0 Å². The van der Waals surface area contributed by atoms with Crippen molar-refractivity contribution in [3.63, 3.8) is 0 Å². The number of benzene rings is 1. The number of likely N-dealkylation sites (tertiary alicyclic amines) is 2. The molecule has 2 aromatic rings. The van der Waals surface area contributed by atoms with Gasteiger partial charge in [-0.05, 0) is 55.5 Å². The minimum absolute atomic E-state index is 0.313. The Morgan fingerprint density at radius 2 is 1.94 bits per heavy atom. The van der Waals surface area contributed by atoms with Crippen LogP contribution in [-0.4, -0.2) is 66.4 Å². The number of nitrogens with zero attached hydrogens (tertiary/aromatic N) is 3. The summed E-state index contributed by atoms with van der Waals surface area (Å²) in [5.74, 6) is 1.01. The maximum atomic E-state index is 15.7. The average molecular weight is 493 g/mol. The third kappa shape index (κ3) is 5.25. The molecular weight excluding hydrogens is 454 g/mol. The van der Waals surface area contributed by atoms with Crippen molar-refractivity contribution >= 4 is 22.2 Å². The van der Waals surface area contributed by atoms with E-state index >= 15 is 4.39 Å². The highest BCUT2D eigenvalue weighted by atomic mass is 19.1. The highest BCUT2D eigenvalue weighted by Gasteiger charge is 2.37. The van der Waals surface area contributed by atoms with E-state index in [1.807, 2.05) is 18.2 Å². The molecular formula is C30H38F2N4. The number of pyridine rings is 1. The second-order valence-electron chi connectivity index (χ2n) is 11.0. The number of aromatic nitrogens is 1. The predicted octanol–water partition coefficient (Wildman–Crippen LogP) is 6.24. The predicted molar refractivity (Wildman–Crippen MR) is 145 cm³/mol. The van der Waals surface area contributed by atoms with Crippen LogP contribution in [0.5, 0.6) is 0 Å². The largest absolute Gasteiger partial charge is 0.357 e. The summed E-state index contributed by atoms with van der Waals surface area (Å²) >= 11 is 0. The van der Waals surface area contributed by atoms with Gasteiger partial charge in [0.25, 0.3) is 0 Å². The van der Waals surface area contributed by atoms with Crippen molar-refractivity contribution in [3.8, 4) is 0 Å². The first-order chi connectivity index (χ1) is 17.3. The van der Waals surface area contributed by atoms with Crippen LogP contribution in [0.25, 0.3) is 16.5 Å². The molecule has 1 N–H and O–H groups in total. The Hall–Kier alpha value is -2.57. The molecule has 4 nitrogen and oxygen atoms in total. The Bertz CT molecular complexity index is 1180. The Morgan fingerprint density at radius 3 is 2.69 bits per heavy atom. The van der Waals surface area contributed by atoms with Gasteiger partial charge in [-0.1, -0.05) is 44.7 Å². The van der Waals surface area contributed by atoms with Gasteiger partial charge < -0.3 is 10.2 Å². The van der Waals surface area contributed by atoms with Gasteiger partial charge in [0.2, 0.25) is 0 Å². The summed E-state index contributed by atoms with van der Waals surface area (Å²) < 4.78 is 28.7. The molecule has 2 aliphatic heterocycles. The van der Waals surface area contributed by atoms with E-state index in [4.69, 9.17) is 4.98 Å². The fourth-order valence-electron chi connectivity index (χ4n) is 5.85. The van der Waals surface area contributed by atoms with Crippen molar-refractivity contribution in [3.05, 3.63) is 66.0 Å². The standard InChI is InChI=1S/C30H38F2N4/c1-21(2)19-36-15-11-30(32,12-16-36)22(3)33-25-7-4-24-6-9-28(34-29(24)18-25)26-8-5-23-10-14-35(17-13-31)20-27(23)26/h4-9,18,21,23,33H,3,10-17,19-20H2,1-2H3/t23-/m0/s1. The maximum Gasteiger partial charge on any atom is 0.152 e. The summed E-state index contributed by atoms with van der Waals surface area (Å²) in [5.41, 5.74) is 4.14. The molecule has 1 atom stereocenters. The normalized spacial score (nSPS) is 22.4. The Morgan fingerprint density at radius 1 is 1.17 bits per heavy atom. The lowest BCUT2D eigenvalue weighted by Gasteiger charge is -2.38. The number of halogens is 2. The van der Waals surface area contributed by atoms with Gasteiger partial charge in [-0.3, -0.25) is 4.90 Å². The number of nitrogens with one attached hydrogen (secondary N) is 1. The molecule has 1 aliphatic carbocycles. The van der Waals surface area contributed by atoms with Crippen molar-refractivity contribution in [2.24, 2.45) is 11.8 Å². The molecule has 192 valence electrons. The van der Waals surface area contributed by atoms with Gasteiger partial charge in [-0.25, -0.2) is 13.8 Å². The number of anilines is 1. The Kier molecular flexibility index (Phi) is 7.27. The van der Waals surface area contributed by atoms with Crippen LogP contribution in [0.1, 0.15) is 38.8 Å². The van der Waals surface area contributed by atoms with Gasteiger partial charge in [0, 0.05) is 61.0 Å². The van der Waals surface area contributed by atoms with E-state index in [-0.39, 0.29) is 6.67 Å². The molecule has 2 fully saturated rings. The quantitative estimate of drug-likeness (QED) is 0.473. The molecule has 2 saturated heterocycles. The highest BCUT2D eigenvalue weighted by Crippen LogP contribution is 2.38. The summed E-state index contributed by atoms with van der Waals surface area (Å²) in [5, 5.41) is 4.30. The maximum absolute atomic E-state index is 15.7. The molecule has 6 heteroatoms. The van der Waals surface area contributed by atoms with Crippen LogP contribution in [0.4, 0.5) is 14.5 Å². The minimum Gasteiger partial charge on any atom is -0.357 e. The molecule has 0 unspecified atom stereocenters. The molecule has 0 spiro atoms. The SMILES string of the molecule is C=C(Nc1ccc2ccc(C3=C4CN(CCF)CC[C@@H]4C=C3)nc2c1)C1(F)CCN(CC(C)C)CC1. The van der Waals surface area contributed by atoms with Crippen LogP contribution >= 0.6 is 0 Å². The van der Waals surface area contributed by atoms with Crippen LogP contribution in [0.3, 0.4) is 0 Å². The lowest BCUT2D eigenvalue weighted by Crippen LogP contribution is -2.45. The van der Waals surface area contributed by atoms with Crippen LogP contribution in [0.15, 0.2) is 60.3 Å². The molecule has 0 radical (unpaired) electrons. The zero-order valence-electron chi connectivity index (χ0n) is 21.6. The average Bonchev–Trinajstić information content (AvgIpc) is 3.28. The van der Waals surface area contributed by atoms with Gasteiger partial charge in [-0.2, -0.15) is 0 Å². The third-order valence-electron chi connectivity index (χ3n) is 7.92. The van der Waals surface area contributed by atoms with Crippen molar-refractivity contribution in [1.82, 2.24) is 14.8 Å². The van der Waals surface area contributed by atoms with Crippen molar-refractivity contribution < 1.29 is 8.78 Å². The minimum atomic E-state index is -1.40. The number of allylic oxidation sites excluding steroid dienone is 4. The van der Waals surface area contributed by atoms with E-state index in [1.165, 1.54) is 5.57 Å². The first kappa shape index (κ1) is 25.1. The summed E-state index contributed by atoms with van der Waals surface area (Å²) in [4.78, 5) is 9.52. The molecule has 0 saturated carbocycles. The third-order valence-corrected chi connectivity index (χ3v) is 7.92. The van der Waals surface area contributed by atoms with Crippen molar-refractivity contribution in [2.45, 2.75) is 38.8 Å². The lowest BCUT2D eigenvalue weighted by molar-refractivity contribution is 0.0825. The van der Waals surface area contributed by atoms with Gasteiger partial charge in [-0.15, -0.1) is 0 Å². The number of fused-ring (bicyclic) bond motifs is 2. The summed E-state index contributed by atoms with van der Waals surface area (Å²) in [6.07, 6.45) is 6.39. The summed E-state index contributed by atoms with van der Waals surface area (Å²) in [6.45, 7) is 12.9. The van der Waals surface area contributed by atoms with E-state index in [0.717, 1.165) is 67.0 Å². The zero-order valence-corrected chi connectivity index (χ0v) is 21.6. The first-order valence-corrected chi connectivity index (χ1v) is 13.3. The van der Waals surface area contributed by atoms with Gasteiger partial charge in [0.1, 0.15) is 6.67 Å². The molecule has 3 aliphatic rings. The molecule has 0 amide bonds. The van der Waals surface area contributed by atoms with E-state index < -0.39 is 5.67 Å². The number of hydrogen-bond donors (Lipinski definition) is 1. The van der Waals surface area contributed by atoms with Crippen LogP contribution in [0.2, 0.25) is 0 Å². The Labute approximate surface area is 213 Å². The fraction of sp³-hybridized carbons (Fsp3) is 0.500. The molecule has 0 bridgehead atoms. The number of hydrogen-bond acceptors (Lipinski definition) is 4. The van der Waals surface area contributed by atoms with Gasteiger partial charge in [0.15, 0.2) is 5.67 Å². The number of rotatable bonds is 8. The second-order valence-corrected chi connectivity index (χ2v) is 11.0. The molecule has 3 heterocycles. The lowest BCUT2D eigenvalue weighted by atomic mass is 9.90. The second kappa shape index (κ2) is 10.4. The highest BCUT2D eigenvalue weighted by molar-refractivity contribution is 5.87. The van der Waals surface area contributed by atoms with E-state index in [0.29, 0.717) is 36.9 Å². The monoisotopic (exact) mass is 492 g/mol. The molecule has 5 rings (SSSR count). The van der Waals surface area contributed by atoms with E-state index in [2.05, 4.69) is 59.8 Å². The van der Waals surface area contributed by atoms with Crippen molar-refractivity contribution in [2.75, 3.05) is 51.3 Å². The zero-order chi connectivity index (χ0) is 25.3. The topological polar surface area (TPSA) is 31.4 Å². The van der Waals surface area contributed by atoms with E-state index in [1.54, 1.807) is 0 Å². The first-order valence-electron chi connectivity index (χ1n) is 13.3. The summed E-state index contributed by atoms with van der Waals surface area (Å²) in [6, 6.07) is 10.1. The number of piperidine rings is 2. The Balaban J connectivity index is 1.32. The van der Waals surface area contributed by atoms with E-state index in [9.17, 15) is 4.39 Å². The molecule has 1 aromatic carbocycles. The van der Waals surface area contributed by atoms with Crippen LogP contribution in [0, 0.1) is 11.8 Å². The fourth-order valence-corrected chi connectivity index (χ4v) is 5.85. The van der Waals surface area contributed by atoms with Crippen LogP contribution in [-0.2, 0) is 0 Å². The molecule has 36 heavy (non-hydrogen) atoms. The van der Waals surface area contributed by atoms with Gasteiger partial charge in [0.05, 0.1) is 11.2 Å². The number of alkyl halides is 2.